The molecule has 2 saturated heterocycles. The zero-order chi connectivity index (χ0) is 25.4. The topological polar surface area (TPSA) is 87.1 Å². The van der Waals surface area contributed by atoms with Gasteiger partial charge < -0.3 is 14.8 Å². The number of thiophene rings is 1. The minimum Gasteiger partial charge on any atom is -0.507 e. The first kappa shape index (κ1) is 25.0. The van der Waals surface area contributed by atoms with Crippen molar-refractivity contribution in [2.24, 2.45) is 17.8 Å². The number of phenols is 1. The predicted molar refractivity (Wildman–Crippen MR) is 141 cm³/mol. The van der Waals surface area contributed by atoms with Gasteiger partial charge in [-0.05, 0) is 67.9 Å². The number of fused-ring (bicyclic) bond motifs is 3. The van der Waals surface area contributed by atoms with Crippen molar-refractivity contribution >= 4 is 36.3 Å². The fraction of sp³-hybridized carbons (Fsp3) is 0.429. The number of nitrogens with zero attached hydrogens (tertiary/aromatic N) is 1. The molecule has 2 fully saturated rings. The Morgan fingerprint density at radius 1 is 1.19 bits per heavy atom. The van der Waals surface area contributed by atoms with Gasteiger partial charge in [-0.1, -0.05) is 48.4 Å². The number of phenolic OH excluding ortho intramolecular Hbond substituents is 1. The normalized spacial score (nSPS) is 26.5. The van der Waals surface area contributed by atoms with Crippen molar-refractivity contribution in [3.63, 3.8) is 0 Å². The van der Waals surface area contributed by atoms with Crippen molar-refractivity contribution in [1.82, 2.24) is 4.90 Å². The van der Waals surface area contributed by atoms with E-state index in [1.54, 1.807) is 23.5 Å². The Balaban J connectivity index is 1.38. The van der Waals surface area contributed by atoms with Gasteiger partial charge in [-0.3, -0.25) is 14.5 Å². The molecule has 2 amide bonds. The van der Waals surface area contributed by atoms with Crippen LogP contribution in [0.15, 0.2) is 58.5 Å². The molecule has 3 aliphatic rings. The minimum absolute atomic E-state index is 0.0811. The summed E-state index contributed by atoms with van der Waals surface area (Å²) in [7, 11) is -0.961. The van der Waals surface area contributed by atoms with E-state index in [-0.39, 0.29) is 35.5 Å². The summed E-state index contributed by atoms with van der Waals surface area (Å²) in [5.74, 6) is -0.912. The van der Waals surface area contributed by atoms with Gasteiger partial charge in [0.25, 0.3) is 0 Å². The largest absolute Gasteiger partial charge is 0.507 e. The number of benzene rings is 1. The lowest BCUT2D eigenvalue weighted by atomic mass is 9.58. The van der Waals surface area contributed by atoms with Gasteiger partial charge in [-0.25, -0.2) is 0 Å². The number of hydrogen-bond acceptors (Lipinski definition) is 6. The Morgan fingerprint density at radius 2 is 2.00 bits per heavy atom. The predicted octanol–water partition coefficient (Wildman–Crippen LogP) is 5.04. The van der Waals surface area contributed by atoms with Crippen LogP contribution in [0.5, 0.6) is 5.75 Å². The summed E-state index contributed by atoms with van der Waals surface area (Å²) < 4.78 is 6.05. The quantitative estimate of drug-likeness (QED) is 0.313. The van der Waals surface area contributed by atoms with Crippen molar-refractivity contribution in [2.75, 3.05) is 0 Å². The van der Waals surface area contributed by atoms with Crippen molar-refractivity contribution in [2.45, 2.75) is 58.5 Å². The van der Waals surface area contributed by atoms with Gasteiger partial charge >= 0.3 is 7.12 Å². The average molecular weight is 505 g/mol. The van der Waals surface area contributed by atoms with Crippen LogP contribution in [0.1, 0.15) is 50.0 Å². The Morgan fingerprint density at radius 3 is 2.72 bits per heavy atom. The molecule has 3 heterocycles. The number of carbonyl (C=O) groups excluding carboxylic acids is 2. The molecule has 2 aliphatic heterocycles. The van der Waals surface area contributed by atoms with E-state index in [0.717, 1.165) is 34.4 Å². The summed E-state index contributed by atoms with van der Waals surface area (Å²) in [6.45, 7) is 4.44. The van der Waals surface area contributed by atoms with Crippen LogP contribution in [-0.2, 0) is 20.8 Å². The van der Waals surface area contributed by atoms with Crippen LogP contribution in [0.4, 0.5) is 0 Å². The van der Waals surface area contributed by atoms with Crippen LogP contribution < -0.4 is 0 Å². The van der Waals surface area contributed by atoms with Crippen molar-refractivity contribution in [3.05, 3.63) is 68.9 Å². The Hall–Kier alpha value is -2.68. The first-order chi connectivity index (χ1) is 17.4. The van der Waals surface area contributed by atoms with Gasteiger partial charge in [0, 0.05) is 10.4 Å². The molecule has 0 saturated carbocycles. The second kappa shape index (κ2) is 10.4. The number of aromatic hydroxyl groups is 1. The van der Waals surface area contributed by atoms with Gasteiger partial charge in [0.15, 0.2) is 0 Å². The average Bonchev–Trinajstić information content (AvgIpc) is 3.46. The second-order valence-corrected chi connectivity index (χ2v) is 11.1. The van der Waals surface area contributed by atoms with E-state index >= 15 is 0 Å². The molecular formula is C28H32BNO5S. The Labute approximate surface area is 216 Å². The Kier molecular flexibility index (Phi) is 7.19. The summed E-state index contributed by atoms with van der Waals surface area (Å²) in [5.41, 5.74) is 4.18. The fourth-order valence-corrected chi connectivity index (χ4v) is 6.88. The number of rotatable bonds is 7. The number of imide groups is 1. The van der Waals surface area contributed by atoms with Crippen LogP contribution in [0.2, 0.25) is 6.32 Å². The van der Waals surface area contributed by atoms with E-state index < -0.39 is 13.0 Å². The third kappa shape index (κ3) is 4.70. The molecule has 0 bridgehead atoms. The molecule has 36 heavy (non-hydrogen) atoms. The number of hydrogen-bond donors (Lipinski definition) is 2. The number of para-hydroxylation sites is 1. The highest BCUT2D eigenvalue weighted by atomic mass is 32.1. The molecule has 1 aliphatic carbocycles. The van der Waals surface area contributed by atoms with Crippen molar-refractivity contribution in [3.8, 4) is 5.75 Å². The molecule has 1 aromatic carbocycles. The molecule has 8 heteroatoms. The lowest BCUT2D eigenvalue weighted by Gasteiger charge is -2.43. The van der Waals surface area contributed by atoms with Crippen LogP contribution in [-0.4, -0.2) is 40.1 Å². The molecule has 2 N–H and O–H groups in total. The molecule has 0 unspecified atom stereocenters. The number of likely N-dealkylation sites (tertiary alicyclic amines) is 1. The fourth-order valence-electron chi connectivity index (χ4n) is 6.19. The highest BCUT2D eigenvalue weighted by Gasteiger charge is 2.57. The molecule has 6 nitrogen and oxygen atoms in total. The lowest BCUT2D eigenvalue weighted by Crippen LogP contribution is -2.46. The maximum atomic E-state index is 13.6. The van der Waals surface area contributed by atoms with E-state index in [1.807, 2.05) is 42.6 Å². The van der Waals surface area contributed by atoms with Gasteiger partial charge in [-0.15, -0.1) is 11.3 Å². The standard InChI is InChI=1S/C28H32BNO5S/c1-3-18-14-21-26(28(33)30(27(21)32)16-20-8-6-12-36-20)22-15-29(34)35-24(25(18)22)11-10-17(2)13-19-7-4-5-9-23(19)31/h4-9,12-13,21-22,24,26,31,34H,3,10-11,14-16H2,1-2H3/b17-13+/t21-,22+,24-,26-/m1/s1. The Bertz CT molecular complexity index is 1210. The van der Waals surface area contributed by atoms with Crippen LogP contribution >= 0.6 is 11.3 Å². The minimum atomic E-state index is -0.961. The highest BCUT2D eigenvalue weighted by Crippen LogP contribution is 2.51. The summed E-state index contributed by atoms with van der Waals surface area (Å²) in [6, 6.07) is 11.1. The second-order valence-electron chi connectivity index (χ2n) is 10.1. The van der Waals surface area contributed by atoms with E-state index in [2.05, 4.69) is 6.92 Å². The van der Waals surface area contributed by atoms with Gasteiger partial charge in [0.05, 0.1) is 24.5 Å². The molecule has 1 aromatic heterocycles. The first-order valence-electron chi connectivity index (χ1n) is 12.8. The number of amides is 2. The van der Waals surface area contributed by atoms with Crippen LogP contribution in [0.3, 0.4) is 0 Å². The third-order valence-corrected chi connectivity index (χ3v) is 8.72. The molecule has 4 atom stereocenters. The monoisotopic (exact) mass is 505 g/mol. The third-order valence-electron chi connectivity index (χ3n) is 7.86. The smallest absolute Gasteiger partial charge is 0.455 e. The van der Waals surface area contributed by atoms with E-state index in [1.165, 1.54) is 10.5 Å². The molecule has 188 valence electrons. The summed E-state index contributed by atoms with van der Waals surface area (Å²) >= 11 is 1.55. The van der Waals surface area contributed by atoms with E-state index in [0.29, 0.717) is 25.7 Å². The van der Waals surface area contributed by atoms with Crippen molar-refractivity contribution in [1.29, 1.82) is 0 Å². The molecule has 0 spiro atoms. The lowest BCUT2D eigenvalue weighted by molar-refractivity contribution is -0.140. The molecule has 5 rings (SSSR count). The highest BCUT2D eigenvalue weighted by molar-refractivity contribution is 7.09. The maximum Gasteiger partial charge on any atom is 0.455 e. The number of carbonyl (C=O) groups is 2. The zero-order valence-electron chi connectivity index (χ0n) is 20.7. The maximum absolute atomic E-state index is 13.6. The van der Waals surface area contributed by atoms with Crippen LogP contribution in [0, 0.1) is 17.8 Å². The molecule has 0 radical (unpaired) electrons. The van der Waals surface area contributed by atoms with E-state index in [4.69, 9.17) is 4.65 Å². The first-order valence-corrected chi connectivity index (χ1v) is 13.6. The van der Waals surface area contributed by atoms with E-state index in [9.17, 15) is 19.7 Å². The molecular weight excluding hydrogens is 473 g/mol. The van der Waals surface area contributed by atoms with Crippen LogP contribution in [0.25, 0.3) is 6.08 Å². The SMILES string of the molecule is CCC1=C2[C@@H](CC/C(C)=C/c3ccccc3O)OB(O)C[C@@H]2[C@@H]2C(=O)N(Cc3cccs3)C(=O)[C@@H]2C1. The summed E-state index contributed by atoms with van der Waals surface area (Å²) in [6.07, 6.45) is 4.79. The van der Waals surface area contributed by atoms with Gasteiger partial charge in [0.1, 0.15) is 5.75 Å². The summed E-state index contributed by atoms with van der Waals surface area (Å²) in [4.78, 5) is 29.4. The van der Waals surface area contributed by atoms with Gasteiger partial charge in [-0.2, -0.15) is 0 Å². The van der Waals surface area contributed by atoms with Gasteiger partial charge in [0.2, 0.25) is 11.8 Å². The van der Waals surface area contributed by atoms with Crippen molar-refractivity contribution < 1.29 is 24.4 Å². The summed E-state index contributed by atoms with van der Waals surface area (Å²) in [5, 5.41) is 22.7. The number of allylic oxidation sites excluding steroid dienone is 2. The zero-order valence-corrected chi connectivity index (χ0v) is 21.5. The molecule has 2 aromatic rings.